The van der Waals surface area contributed by atoms with Gasteiger partial charge in [-0.3, -0.25) is 4.79 Å². The van der Waals surface area contributed by atoms with Gasteiger partial charge >= 0.3 is 6.01 Å². The number of piperidine rings is 1. The fourth-order valence-corrected chi connectivity index (χ4v) is 3.82. The van der Waals surface area contributed by atoms with E-state index in [0.717, 1.165) is 25.7 Å². The Morgan fingerprint density at radius 3 is 2.74 bits per heavy atom. The molecule has 0 aromatic carbocycles. The second-order valence-corrected chi connectivity index (χ2v) is 9.47. The Balaban J connectivity index is 1.42. The molecule has 11 nitrogen and oxygen atoms in total. The van der Waals surface area contributed by atoms with Crippen LogP contribution >= 0.6 is 0 Å². The molecule has 1 saturated heterocycles. The molecule has 2 aromatic rings. The van der Waals surface area contributed by atoms with E-state index in [1.165, 1.54) is 0 Å². The van der Waals surface area contributed by atoms with Crippen molar-refractivity contribution < 1.29 is 19.4 Å². The summed E-state index contributed by atoms with van der Waals surface area (Å²) >= 11 is 0. The zero-order valence-electron chi connectivity index (χ0n) is 19.9. The van der Waals surface area contributed by atoms with Gasteiger partial charge in [0.25, 0.3) is 0 Å². The van der Waals surface area contributed by atoms with Gasteiger partial charge < -0.3 is 25.2 Å². The number of nitrogen functional groups attached to an aromatic ring is 1. The molecule has 0 radical (unpaired) electrons. The first-order valence-electron chi connectivity index (χ1n) is 11.9. The van der Waals surface area contributed by atoms with Crippen LogP contribution in [0.1, 0.15) is 49.6 Å². The minimum Gasteiger partial charge on any atom is -0.489 e. The quantitative estimate of drug-likeness (QED) is 0.452. The van der Waals surface area contributed by atoms with E-state index < -0.39 is 5.41 Å². The number of carbonyl (C=O) groups is 1. The van der Waals surface area contributed by atoms with Gasteiger partial charge in [-0.25, -0.2) is 4.98 Å². The van der Waals surface area contributed by atoms with Gasteiger partial charge in [-0.2, -0.15) is 20.2 Å². The highest BCUT2D eigenvalue weighted by Crippen LogP contribution is 2.44. The van der Waals surface area contributed by atoms with Crippen LogP contribution in [0.2, 0.25) is 0 Å². The molecule has 1 saturated carbocycles. The molecular formula is C24H31N7O4. The van der Waals surface area contributed by atoms with E-state index in [9.17, 15) is 15.2 Å². The van der Waals surface area contributed by atoms with Gasteiger partial charge in [0.1, 0.15) is 6.61 Å². The number of hydrogen-bond acceptors (Lipinski definition) is 11. The summed E-state index contributed by atoms with van der Waals surface area (Å²) < 4.78 is 11.6. The van der Waals surface area contributed by atoms with Gasteiger partial charge in [0.2, 0.25) is 17.6 Å². The van der Waals surface area contributed by atoms with Gasteiger partial charge in [-0.15, -0.1) is 0 Å². The monoisotopic (exact) mass is 481 g/mol. The minimum atomic E-state index is -0.488. The van der Waals surface area contributed by atoms with Crippen molar-refractivity contribution in [1.82, 2.24) is 19.9 Å². The Bertz CT molecular complexity index is 1080. The first-order chi connectivity index (χ1) is 16.9. The smallest absolute Gasteiger partial charge is 0.321 e. The van der Waals surface area contributed by atoms with Crippen LogP contribution in [0.5, 0.6) is 11.8 Å². The van der Waals surface area contributed by atoms with E-state index in [4.69, 9.17) is 15.2 Å². The van der Waals surface area contributed by atoms with Crippen LogP contribution in [0.25, 0.3) is 0 Å². The summed E-state index contributed by atoms with van der Waals surface area (Å²) in [5, 5.41) is 18.6. The molecule has 3 N–H and O–H groups in total. The number of aliphatic hydroxyl groups excluding tert-OH is 1. The Hall–Kier alpha value is -3.52. The van der Waals surface area contributed by atoms with Crippen LogP contribution in [0.15, 0.2) is 18.3 Å². The summed E-state index contributed by atoms with van der Waals surface area (Å²) in [7, 11) is 0. The molecule has 0 amide bonds. The summed E-state index contributed by atoms with van der Waals surface area (Å²) in [6.07, 6.45) is 5.01. The number of nitriles is 1. The van der Waals surface area contributed by atoms with E-state index >= 15 is 0 Å². The summed E-state index contributed by atoms with van der Waals surface area (Å²) in [6, 6.07) is 5.92. The molecule has 2 fully saturated rings. The number of carbonyl (C=O) groups excluding carboxylic acids is 1. The van der Waals surface area contributed by atoms with Crippen molar-refractivity contribution in [3.05, 3.63) is 24.2 Å². The first kappa shape index (κ1) is 24.6. The Morgan fingerprint density at radius 1 is 1.31 bits per heavy atom. The van der Waals surface area contributed by atoms with E-state index in [-0.39, 0.29) is 43.2 Å². The molecule has 0 unspecified atom stereocenters. The molecule has 35 heavy (non-hydrogen) atoms. The van der Waals surface area contributed by atoms with Crippen molar-refractivity contribution in [3.8, 4) is 17.8 Å². The van der Waals surface area contributed by atoms with Crippen molar-refractivity contribution in [1.29, 1.82) is 5.26 Å². The first-order valence-corrected chi connectivity index (χ1v) is 11.9. The predicted molar refractivity (Wildman–Crippen MR) is 127 cm³/mol. The van der Waals surface area contributed by atoms with Gasteiger partial charge in [0.15, 0.2) is 11.6 Å². The van der Waals surface area contributed by atoms with E-state index in [0.29, 0.717) is 43.1 Å². The van der Waals surface area contributed by atoms with Crippen molar-refractivity contribution in [2.45, 2.75) is 39.0 Å². The molecule has 2 aromatic heterocycles. The Kier molecular flexibility index (Phi) is 7.60. The number of rotatable bonds is 11. The van der Waals surface area contributed by atoms with E-state index in [2.05, 4.69) is 26.0 Å². The third-order valence-electron chi connectivity index (χ3n) is 6.44. The molecule has 186 valence electrons. The second kappa shape index (κ2) is 10.8. The van der Waals surface area contributed by atoms with Crippen LogP contribution < -0.4 is 20.1 Å². The van der Waals surface area contributed by atoms with Gasteiger partial charge in [0.05, 0.1) is 18.1 Å². The van der Waals surface area contributed by atoms with Gasteiger partial charge in [-0.05, 0) is 49.7 Å². The fraction of sp³-hybridized carbons (Fsp3) is 0.583. The molecular weight excluding hydrogens is 450 g/mol. The highest BCUT2D eigenvalue weighted by atomic mass is 16.5. The second-order valence-electron chi connectivity index (χ2n) is 9.47. The normalized spacial score (nSPS) is 17.9. The van der Waals surface area contributed by atoms with Crippen molar-refractivity contribution in [3.63, 3.8) is 0 Å². The van der Waals surface area contributed by atoms with Crippen LogP contribution in [0.3, 0.4) is 0 Å². The Morgan fingerprint density at radius 2 is 2.09 bits per heavy atom. The number of nitrogens with zero attached hydrogens (tertiary/aromatic N) is 6. The lowest BCUT2D eigenvalue weighted by Gasteiger charge is -2.32. The number of Topliss-reactive ketones (excluding diaryl/α,β-unsaturated/α-hetero) is 1. The SMILES string of the molecule is C[C@H](CO)CC(=O)c1nc(OCC2(C#N)CC2)nc(N2CCC(COc3cccnc3N)CC2)n1. The topological polar surface area (TPSA) is 160 Å². The molecule has 3 heterocycles. The molecule has 4 rings (SSSR count). The molecule has 1 aliphatic carbocycles. The van der Waals surface area contributed by atoms with E-state index in [1.807, 2.05) is 4.90 Å². The molecule has 1 aliphatic heterocycles. The largest absolute Gasteiger partial charge is 0.489 e. The Labute approximate surface area is 204 Å². The maximum absolute atomic E-state index is 12.7. The molecule has 0 spiro atoms. The number of aliphatic hydroxyl groups is 1. The number of nitrogens with two attached hydrogens (primary N) is 1. The maximum Gasteiger partial charge on any atom is 0.321 e. The average molecular weight is 482 g/mol. The zero-order chi connectivity index (χ0) is 24.8. The highest BCUT2D eigenvalue weighted by Gasteiger charge is 2.44. The van der Waals surface area contributed by atoms with Gasteiger partial charge in [-0.1, -0.05) is 6.92 Å². The zero-order valence-corrected chi connectivity index (χ0v) is 19.9. The minimum absolute atomic E-state index is 0.0182. The predicted octanol–water partition coefficient (Wildman–Crippen LogP) is 2.03. The summed E-state index contributed by atoms with van der Waals surface area (Å²) in [5.41, 5.74) is 5.36. The number of anilines is 2. The standard InChI is InChI=1S/C24H31N7O4/c1-16(12-32)11-18(33)21-28-22(30-23(29-21)35-15-24(14-25)6-7-24)31-9-4-17(5-10-31)13-34-19-3-2-8-27-20(19)26/h2-3,8,16-17,32H,4-7,9-13,15H2,1H3,(H2,26,27)/t16-/m0/s1. The fourth-order valence-electron chi connectivity index (χ4n) is 3.82. The molecule has 2 aliphatic rings. The maximum atomic E-state index is 12.7. The third kappa shape index (κ3) is 6.33. The number of ketones is 1. The number of aromatic nitrogens is 4. The third-order valence-corrected chi connectivity index (χ3v) is 6.44. The summed E-state index contributed by atoms with van der Waals surface area (Å²) in [6.45, 7) is 3.77. The average Bonchev–Trinajstić information content (AvgIpc) is 3.67. The van der Waals surface area contributed by atoms with Crippen molar-refractivity contribution in [2.24, 2.45) is 17.3 Å². The lowest BCUT2D eigenvalue weighted by molar-refractivity contribution is 0.0931. The summed E-state index contributed by atoms with van der Waals surface area (Å²) in [5.74, 6) is 1.21. The summed E-state index contributed by atoms with van der Waals surface area (Å²) in [4.78, 5) is 31.9. The molecule has 11 heteroatoms. The van der Waals surface area contributed by atoms with Crippen LogP contribution in [-0.4, -0.2) is 63.7 Å². The van der Waals surface area contributed by atoms with Crippen molar-refractivity contribution >= 4 is 17.5 Å². The highest BCUT2D eigenvalue weighted by molar-refractivity contribution is 5.92. The number of ether oxygens (including phenoxy) is 2. The van der Waals surface area contributed by atoms with Crippen molar-refractivity contribution in [2.75, 3.05) is 43.5 Å². The van der Waals surface area contributed by atoms with Gasteiger partial charge in [0, 0.05) is 32.3 Å². The lowest BCUT2D eigenvalue weighted by atomic mass is 9.98. The molecule has 1 atom stereocenters. The lowest BCUT2D eigenvalue weighted by Crippen LogP contribution is -2.37. The van der Waals surface area contributed by atoms with Crippen LogP contribution in [0, 0.1) is 28.6 Å². The number of hydrogen-bond donors (Lipinski definition) is 2. The van der Waals surface area contributed by atoms with E-state index in [1.54, 1.807) is 25.3 Å². The molecule has 0 bridgehead atoms. The number of pyridine rings is 1. The van der Waals surface area contributed by atoms with Crippen LogP contribution in [-0.2, 0) is 0 Å². The van der Waals surface area contributed by atoms with Crippen LogP contribution in [0.4, 0.5) is 11.8 Å².